The molecule has 0 aliphatic heterocycles. The molecule has 0 bridgehead atoms. The molecule has 1 aromatic rings. The molecule has 1 aromatic heterocycles. The lowest BCUT2D eigenvalue weighted by Crippen LogP contribution is -2.25. The molecule has 0 spiro atoms. The Morgan fingerprint density at radius 1 is 1.71 bits per heavy atom. The number of thiophene rings is 1. The summed E-state index contributed by atoms with van der Waals surface area (Å²) in [5.41, 5.74) is 0. The summed E-state index contributed by atoms with van der Waals surface area (Å²) in [5, 5.41) is 11.7. The van der Waals surface area contributed by atoms with E-state index in [0.717, 1.165) is 10.3 Å². The summed E-state index contributed by atoms with van der Waals surface area (Å²) >= 11 is 5.03. The molecule has 0 saturated heterocycles. The van der Waals surface area contributed by atoms with Crippen LogP contribution < -0.4 is 5.32 Å². The fraction of sp³-hybridized carbons (Fsp3) is 0.444. The van der Waals surface area contributed by atoms with Crippen LogP contribution >= 0.6 is 27.3 Å². The Bertz CT molecular complexity index is 314. The zero-order chi connectivity index (χ0) is 10.6. The van der Waals surface area contributed by atoms with Crippen molar-refractivity contribution in [2.45, 2.75) is 13.5 Å². The molecule has 0 aromatic carbocycles. The maximum Gasteiger partial charge on any atom is 0.307 e. The third-order valence-electron chi connectivity index (χ3n) is 1.80. The number of nitrogens with one attached hydrogen (secondary N) is 1. The lowest BCUT2D eigenvalue weighted by atomic mass is 10.2. The number of rotatable bonds is 5. The molecule has 78 valence electrons. The fourth-order valence-corrected chi connectivity index (χ4v) is 2.40. The van der Waals surface area contributed by atoms with Gasteiger partial charge in [-0.1, -0.05) is 6.92 Å². The lowest BCUT2D eigenvalue weighted by molar-refractivity contribution is -0.140. The highest BCUT2D eigenvalue weighted by atomic mass is 79.9. The molecule has 1 atom stereocenters. The summed E-state index contributed by atoms with van der Waals surface area (Å²) in [7, 11) is 0. The van der Waals surface area contributed by atoms with Crippen molar-refractivity contribution in [3.63, 3.8) is 0 Å². The van der Waals surface area contributed by atoms with Gasteiger partial charge in [0.15, 0.2) is 0 Å². The van der Waals surface area contributed by atoms with Crippen molar-refractivity contribution in [3.8, 4) is 0 Å². The van der Waals surface area contributed by atoms with Crippen LogP contribution in [0.25, 0.3) is 0 Å². The quantitative estimate of drug-likeness (QED) is 0.869. The Kier molecular flexibility index (Phi) is 4.57. The summed E-state index contributed by atoms with van der Waals surface area (Å²) < 4.78 is 1.10. The van der Waals surface area contributed by atoms with Gasteiger partial charge in [0.2, 0.25) is 0 Å². The monoisotopic (exact) mass is 277 g/mol. The van der Waals surface area contributed by atoms with E-state index in [-0.39, 0.29) is 5.92 Å². The van der Waals surface area contributed by atoms with Crippen molar-refractivity contribution in [3.05, 3.63) is 20.8 Å². The average Bonchev–Trinajstić information content (AvgIpc) is 2.51. The van der Waals surface area contributed by atoms with Gasteiger partial charge in [0.05, 0.1) is 9.70 Å². The number of hydrogen-bond donors (Lipinski definition) is 2. The Hall–Kier alpha value is -0.390. The molecule has 2 N–H and O–H groups in total. The third-order valence-corrected chi connectivity index (χ3v) is 3.42. The van der Waals surface area contributed by atoms with E-state index in [2.05, 4.69) is 21.2 Å². The van der Waals surface area contributed by atoms with E-state index in [1.165, 1.54) is 4.88 Å². The van der Waals surface area contributed by atoms with Gasteiger partial charge >= 0.3 is 5.97 Å². The van der Waals surface area contributed by atoms with Gasteiger partial charge in [0.1, 0.15) is 0 Å². The number of aliphatic carboxylic acids is 1. The highest BCUT2D eigenvalue weighted by molar-refractivity contribution is 9.11. The number of carboxylic acid groups (broad SMARTS) is 1. The van der Waals surface area contributed by atoms with Crippen LogP contribution in [0.2, 0.25) is 0 Å². The minimum absolute atomic E-state index is 0.335. The predicted octanol–water partition coefficient (Wildman–Crippen LogP) is 2.32. The van der Waals surface area contributed by atoms with E-state index < -0.39 is 5.97 Å². The third kappa shape index (κ3) is 3.77. The van der Waals surface area contributed by atoms with Crippen LogP contribution in [-0.4, -0.2) is 17.6 Å². The van der Waals surface area contributed by atoms with E-state index in [1.54, 1.807) is 18.3 Å². The standard InChI is InChI=1S/C9H12BrNO2S/c1-6(9(12)13)4-11-5-7-2-3-8(10)14-7/h2-3,6,11H,4-5H2,1H3,(H,12,13). The van der Waals surface area contributed by atoms with Gasteiger partial charge in [0.25, 0.3) is 0 Å². The van der Waals surface area contributed by atoms with Crippen LogP contribution in [0.3, 0.4) is 0 Å². The molecule has 3 nitrogen and oxygen atoms in total. The largest absolute Gasteiger partial charge is 0.481 e. The zero-order valence-electron chi connectivity index (χ0n) is 7.79. The first-order valence-corrected chi connectivity index (χ1v) is 5.88. The molecule has 1 heterocycles. The van der Waals surface area contributed by atoms with Gasteiger partial charge < -0.3 is 10.4 Å². The Balaban J connectivity index is 2.25. The maximum atomic E-state index is 10.5. The molecule has 0 radical (unpaired) electrons. The van der Waals surface area contributed by atoms with Crippen molar-refractivity contribution >= 4 is 33.2 Å². The smallest absolute Gasteiger partial charge is 0.307 e. The van der Waals surface area contributed by atoms with Crippen molar-refractivity contribution in [2.75, 3.05) is 6.54 Å². The summed E-state index contributed by atoms with van der Waals surface area (Å²) in [6, 6.07) is 4.01. The minimum Gasteiger partial charge on any atom is -0.481 e. The van der Waals surface area contributed by atoms with Crippen LogP contribution in [0, 0.1) is 5.92 Å². The summed E-state index contributed by atoms with van der Waals surface area (Å²) in [6.07, 6.45) is 0. The summed E-state index contributed by atoms with van der Waals surface area (Å²) in [6.45, 7) is 2.93. The molecule has 1 rings (SSSR count). The molecular weight excluding hydrogens is 266 g/mol. The van der Waals surface area contributed by atoms with Crippen molar-refractivity contribution in [1.82, 2.24) is 5.32 Å². The molecule has 0 amide bonds. The van der Waals surface area contributed by atoms with Crippen molar-refractivity contribution in [1.29, 1.82) is 0 Å². The molecule has 1 unspecified atom stereocenters. The Morgan fingerprint density at radius 2 is 2.43 bits per heavy atom. The Labute approximate surface area is 95.3 Å². The molecule has 0 aliphatic carbocycles. The molecular formula is C9H12BrNO2S. The van der Waals surface area contributed by atoms with Gasteiger partial charge in [-0.25, -0.2) is 0 Å². The second kappa shape index (κ2) is 5.48. The SMILES string of the molecule is CC(CNCc1ccc(Br)s1)C(=O)O. The van der Waals surface area contributed by atoms with Crippen LogP contribution in [0.1, 0.15) is 11.8 Å². The van der Waals surface area contributed by atoms with Gasteiger partial charge in [-0.2, -0.15) is 0 Å². The van der Waals surface area contributed by atoms with E-state index >= 15 is 0 Å². The van der Waals surface area contributed by atoms with Crippen LogP contribution in [0.5, 0.6) is 0 Å². The van der Waals surface area contributed by atoms with E-state index in [9.17, 15) is 4.79 Å². The maximum absolute atomic E-state index is 10.5. The van der Waals surface area contributed by atoms with Gasteiger partial charge in [-0.05, 0) is 28.1 Å². The number of carboxylic acids is 1. The van der Waals surface area contributed by atoms with E-state index in [4.69, 9.17) is 5.11 Å². The number of halogens is 1. The fourth-order valence-electron chi connectivity index (χ4n) is 0.946. The highest BCUT2D eigenvalue weighted by Crippen LogP contribution is 2.21. The number of hydrogen-bond acceptors (Lipinski definition) is 3. The van der Waals surface area contributed by atoms with Crippen LogP contribution in [0.15, 0.2) is 15.9 Å². The average molecular weight is 278 g/mol. The normalized spacial score (nSPS) is 12.7. The molecule has 5 heteroatoms. The first-order valence-electron chi connectivity index (χ1n) is 4.27. The summed E-state index contributed by atoms with van der Waals surface area (Å²) in [5.74, 6) is -1.09. The summed E-state index contributed by atoms with van der Waals surface area (Å²) in [4.78, 5) is 11.7. The topological polar surface area (TPSA) is 49.3 Å². The van der Waals surface area contributed by atoms with E-state index in [0.29, 0.717) is 6.54 Å². The predicted molar refractivity (Wildman–Crippen MR) is 60.5 cm³/mol. The number of carbonyl (C=O) groups is 1. The van der Waals surface area contributed by atoms with Crippen molar-refractivity contribution < 1.29 is 9.90 Å². The van der Waals surface area contributed by atoms with Crippen LogP contribution in [0.4, 0.5) is 0 Å². The molecule has 14 heavy (non-hydrogen) atoms. The van der Waals surface area contributed by atoms with Gasteiger partial charge in [-0.3, -0.25) is 4.79 Å². The second-order valence-electron chi connectivity index (χ2n) is 3.08. The first-order chi connectivity index (χ1) is 6.59. The highest BCUT2D eigenvalue weighted by Gasteiger charge is 2.09. The van der Waals surface area contributed by atoms with Crippen molar-refractivity contribution in [2.24, 2.45) is 5.92 Å². The minimum atomic E-state index is -0.759. The van der Waals surface area contributed by atoms with Gasteiger partial charge in [0, 0.05) is 18.0 Å². The van der Waals surface area contributed by atoms with Crippen LogP contribution in [-0.2, 0) is 11.3 Å². The van der Waals surface area contributed by atoms with Gasteiger partial charge in [-0.15, -0.1) is 11.3 Å². The lowest BCUT2D eigenvalue weighted by Gasteiger charge is -2.06. The second-order valence-corrected chi connectivity index (χ2v) is 5.62. The zero-order valence-corrected chi connectivity index (χ0v) is 10.2. The Morgan fingerprint density at radius 3 is 2.93 bits per heavy atom. The molecule has 0 saturated carbocycles. The molecule has 0 aliphatic rings. The molecule has 0 fully saturated rings. The first kappa shape index (κ1) is 11.7. The van der Waals surface area contributed by atoms with E-state index in [1.807, 2.05) is 12.1 Å².